The number of nitrogens with two attached hydrogens (primary N) is 1. The smallest absolute Gasteiger partial charge is 1.00 e. The Morgan fingerprint density at radius 2 is 0.981 bits per heavy atom. The van der Waals surface area contributed by atoms with E-state index in [9.17, 15) is 28.8 Å². The van der Waals surface area contributed by atoms with Gasteiger partial charge in [-0.2, -0.15) is 0 Å². The second-order valence-electron chi connectivity index (χ2n) is 25.0. The minimum atomic E-state index is -0.472. The zero-order valence-corrected chi connectivity index (χ0v) is 71.4. The SMILES string of the molecule is Brc1cncc(CNCC2CCCC2)c1.CC(C)(C)OC(=O)N(Cc1cncc(Br)c1)CC1CCCC1.CO.COc1cncc(Br)c1.NCc1cncc(Br)c1.O=C1NC(=O)c2ccccc21.O=C1c2ccccc2C(=O)N1Cc1cncc(Br)c1.O=CC1CCCC1.OCc1cncc(Br)c1.[B].[H-].[Na+]. The molecule has 6 N–H and O–H groups in total. The van der Waals surface area contributed by atoms with Gasteiger partial charge in [-0.3, -0.25) is 59.3 Å². The molecule has 105 heavy (non-hydrogen) atoms. The standard InChI is InChI=1S/C17H25BrN2O2.C14H9BrN2O2.C12H17BrN2.C8H5NO2.C6H7BrN2.2C6H6BrNO.C6H10O.CH4O.B.Na.H/c1-17(2,3)22-16(21)20(11-13-6-4-5-7-13)12-14-8-15(18)10-19-9-14;15-10-5-9(6-16-7-10)8-17-13(18)11-3-1-2-4-12(11)14(17)19;13-12-5-11(8-15-9-12)7-14-6-10-3-1-2-4-10;10-7-5-3-1-2-4-6(5)8(11)9-7;7-6-1-5(2-8)3-9-4-6;1-9-6-2-5(7)3-8-4-6;7-6-1-5(4-9)2-8-3-6;7-5-6-3-1-2-4-6;1-2;;;/h8-10,13H,4-7,11-12H2,1-3H3;1-7H,8H2;5,8-10,14H,1-4,6-7H2;1-4H,(H,9,10,11);1,3-4H,2,8H2;2-4H,1H3;1-3,9H,4H2;5-6H,1-4H2;2H,1H3;;;/q;;;;;;;;;;+1;-1. The van der Waals surface area contributed by atoms with Crippen molar-refractivity contribution in [3.05, 3.63) is 236 Å². The summed E-state index contributed by atoms with van der Waals surface area (Å²) < 4.78 is 16.1. The number of benzene rings is 2. The topological polar surface area (TPSA) is 295 Å². The first-order valence-electron chi connectivity index (χ1n) is 33.5. The van der Waals surface area contributed by atoms with Crippen LogP contribution in [0.15, 0.2) is 186 Å². The van der Waals surface area contributed by atoms with Crippen LogP contribution in [-0.2, 0) is 42.3 Å². The van der Waals surface area contributed by atoms with E-state index in [1.807, 2.05) is 68.4 Å². The van der Waals surface area contributed by atoms with Crippen molar-refractivity contribution in [1.82, 2.24) is 50.3 Å². The number of nitrogens with one attached hydrogen (secondary N) is 2. The molecule has 5 aliphatic rings. The van der Waals surface area contributed by atoms with Gasteiger partial charge in [-0.1, -0.05) is 62.8 Å². The van der Waals surface area contributed by atoms with Crippen LogP contribution in [0.25, 0.3) is 0 Å². The maximum atomic E-state index is 12.5. The summed E-state index contributed by atoms with van der Waals surface area (Å²) in [6.45, 7) is 9.93. The number of fused-ring (bicyclic) bond motifs is 2. The molecule has 0 atom stereocenters. The fraction of sp³-hybridized carbons (Fsp3) is 0.368. The molecule has 5 amide bonds. The molecular weight excluding hydrogens is 1740 g/mol. The molecule has 0 unspecified atom stereocenters. The van der Waals surface area contributed by atoms with Gasteiger partial charge >= 0.3 is 35.7 Å². The van der Waals surface area contributed by atoms with Crippen molar-refractivity contribution < 1.29 is 79.4 Å². The Kier molecular flexibility index (Phi) is 45.8. The van der Waals surface area contributed by atoms with Crippen LogP contribution >= 0.6 is 95.6 Å². The summed E-state index contributed by atoms with van der Waals surface area (Å²) in [6, 6.07) is 25.2. The molecule has 3 radical (unpaired) electrons. The zero-order chi connectivity index (χ0) is 75.1. The molecule has 21 nitrogen and oxygen atoms in total. The van der Waals surface area contributed by atoms with E-state index >= 15 is 0 Å². The van der Waals surface area contributed by atoms with Crippen LogP contribution in [0.1, 0.15) is 168 Å². The fourth-order valence-corrected chi connectivity index (χ4v) is 13.3. The molecule has 0 spiro atoms. The van der Waals surface area contributed by atoms with Crippen LogP contribution in [0.5, 0.6) is 5.75 Å². The van der Waals surface area contributed by atoms with Gasteiger partial charge < -0.3 is 41.9 Å². The molecule has 2 aliphatic heterocycles. The molecule has 8 heterocycles. The van der Waals surface area contributed by atoms with Crippen LogP contribution in [-0.4, -0.2) is 127 Å². The quantitative estimate of drug-likeness (QED) is 0.0384. The number of methoxy groups -OCH3 is 1. The van der Waals surface area contributed by atoms with Crippen LogP contribution in [0.2, 0.25) is 0 Å². The number of pyridine rings is 6. The van der Waals surface area contributed by atoms with Crippen LogP contribution in [0.3, 0.4) is 0 Å². The average Bonchev–Trinajstić information content (AvgIpc) is 1.64. The van der Waals surface area contributed by atoms with Crippen LogP contribution < -0.4 is 50.7 Å². The fourth-order valence-electron chi connectivity index (χ4n) is 10.9. The summed E-state index contributed by atoms with van der Waals surface area (Å²) in [5.74, 6) is 1.58. The van der Waals surface area contributed by atoms with Crippen molar-refractivity contribution in [2.45, 2.75) is 136 Å². The van der Waals surface area contributed by atoms with Crippen molar-refractivity contribution in [3.63, 3.8) is 0 Å². The molecular formula is C76H90BBr6N11NaO10. The van der Waals surface area contributed by atoms with Crippen LogP contribution in [0, 0.1) is 17.8 Å². The average molecular weight is 1830 g/mol. The predicted octanol–water partition coefficient (Wildman–Crippen LogP) is 13.3. The Bertz CT molecular complexity index is 3800. The molecule has 29 heteroatoms. The van der Waals surface area contributed by atoms with Gasteiger partial charge in [-0.25, -0.2) is 4.79 Å². The Morgan fingerprint density at radius 3 is 1.39 bits per heavy atom. The molecule has 3 saturated carbocycles. The molecule has 555 valence electrons. The van der Waals surface area contributed by atoms with Gasteiger partial charge in [-0.15, -0.1) is 0 Å². The van der Waals surface area contributed by atoms with E-state index in [0.29, 0.717) is 47.2 Å². The predicted molar refractivity (Wildman–Crippen MR) is 426 cm³/mol. The minimum Gasteiger partial charge on any atom is -1.00 e. The monoisotopic (exact) mass is 1820 g/mol. The number of amides is 5. The van der Waals surface area contributed by atoms with Crippen molar-refractivity contribution in [2.75, 3.05) is 27.3 Å². The summed E-state index contributed by atoms with van der Waals surface area (Å²) in [6.07, 6.45) is 37.0. The largest absolute Gasteiger partial charge is 1.00 e. The van der Waals surface area contributed by atoms with Gasteiger partial charge in [0, 0.05) is 136 Å². The molecule has 6 aromatic heterocycles. The molecule has 2 aromatic carbocycles. The third kappa shape index (κ3) is 35.4. The first-order valence-corrected chi connectivity index (χ1v) is 38.2. The molecule has 0 saturated heterocycles. The summed E-state index contributed by atoms with van der Waals surface area (Å²) in [4.78, 5) is 95.8. The third-order valence-corrected chi connectivity index (χ3v) is 18.4. The third-order valence-electron chi connectivity index (χ3n) is 15.8. The number of aldehydes is 1. The van der Waals surface area contributed by atoms with Gasteiger partial charge in [0.2, 0.25) is 0 Å². The number of hydrogen-bond acceptors (Lipinski definition) is 18. The van der Waals surface area contributed by atoms with E-state index in [0.717, 1.165) is 107 Å². The first kappa shape index (κ1) is 93.4. The second-order valence-corrected chi connectivity index (χ2v) is 30.5. The second kappa shape index (κ2) is 51.5. The van der Waals surface area contributed by atoms with Gasteiger partial charge in [0.1, 0.15) is 17.6 Å². The summed E-state index contributed by atoms with van der Waals surface area (Å²) >= 11 is 20.0. The molecule has 3 aliphatic carbocycles. The normalized spacial score (nSPS) is 13.8. The number of aliphatic hydroxyl groups excluding tert-OH is 2. The molecule has 8 aromatic rings. The van der Waals surface area contributed by atoms with Crippen molar-refractivity contribution in [1.29, 1.82) is 0 Å². The van der Waals surface area contributed by atoms with Crippen molar-refractivity contribution >= 4 is 140 Å². The van der Waals surface area contributed by atoms with Gasteiger partial charge in [-0.05, 0) is 262 Å². The number of imide groups is 2. The molecule has 3 fully saturated rings. The van der Waals surface area contributed by atoms with Gasteiger partial charge in [0.05, 0.1) is 55.3 Å². The Labute approximate surface area is 692 Å². The van der Waals surface area contributed by atoms with E-state index < -0.39 is 5.60 Å². The number of carbonyl (C=O) groups is 6. The zero-order valence-electron chi connectivity index (χ0n) is 60.9. The minimum absolute atomic E-state index is 0. The van der Waals surface area contributed by atoms with E-state index in [1.54, 1.807) is 118 Å². The number of aromatic nitrogens is 6. The molecule has 13 rings (SSSR count). The van der Waals surface area contributed by atoms with Crippen LogP contribution in [0.4, 0.5) is 4.79 Å². The maximum absolute atomic E-state index is 12.5. The van der Waals surface area contributed by atoms with Crippen molar-refractivity contribution in [2.24, 2.45) is 23.5 Å². The Morgan fingerprint density at radius 1 is 0.590 bits per heavy atom. The molecule has 0 bridgehead atoms. The number of rotatable bonds is 14. The number of aliphatic hydroxyl groups is 2. The van der Waals surface area contributed by atoms with Gasteiger partial charge in [0.25, 0.3) is 23.6 Å². The van der Waals surface area contributed by atoms with Crippen molar-refractivity contribution in [3.8, 4) is 5.75 Å². The van der Waals surface area contributed by atoms with Gasteiger partial charge in [0.15, 0.2) is 0 Å². The van der Waals surface area contributed by atoms with E-state index in [4.69, 9.17) is 25.4 Å². The summed E-state index contributed by atoms with van der Waals surface area (Å²) in [5.41, 5.74) is 11.7. The number of nitrogens with zero attached hydrogens (tertiary/aromatic N) is 8. The van der Waals surface area contributed by atoms with E-state index in [1.165, 1.54) is 74.7 Å². The number of hydrogen-bond donors (Lipinski definition) is 5. The Hall–Kier alpha value is -5.86. The summed E-state index contributed by atoms with van der Waals surface area (Å²) in [5, 5.41) is 21.3. The first-order chi connectivity index (χ1) is 49.5. The number of ether oxygens (including phenoxy) is 2. The summed E-state index contributed by atoms with van der Waals surface area (Å²) in [7, 11) is 2.61. The number of halogens is 6. The maximum Gasteiger partial charge on any atom is 1.00 e. The Balaban J connectivity index is 0.000000419. The number of carbonyl (C=O) groups excluding carboxylic acids is 6. The van der Waals surface area contributed by atoms with E-state index in [-0.39, 0.29) is 82.3 Å². The van der Waals surface area contributed by atoms with E-state index in [2.05, 4.69) is 142 Å².